The topological polar surface area (TPSA) is 0 Å². The molecule has 0 bridgehead atoms. The third-order valence-corrected chi connectivity index (χ3v) is 5.86. The molecule has 35 heavy (non-hydrogen) atoms. The largest absolute Gasteiger partial charge is 0.358 e. The second-order valence-corrected chi connectivity index (χ2v) is 19.0. The molecule has 0 aromatic rings. The predicted octanol–water partition coefficient (Wildman–Crippen LogP) is 5.74. The second-order valence-electron chi connectivity index (χ2n) is 8.09. The van der Waals surface area contributed by atoms with Crippen LogP contribution in [0.25, 0.3) is 0 Å². The zero-order valence-corrected chi connectivity index (χ0v) is 42.7. The molecule has 9 heteroatoms. The van der Waals surface area contributed by atoms with Gasteiger partial charge in [-0.15, -0.1) is 37.7 Å². The van der Waals surface area contributed by atoms with Gasteiger partial charge in [-0.1, -0.05) is 51.4 Å². The van der Waals surface area contributed by atoms with E-state index in [0.29, 0.717) is 0 Å². The number of halogens is 2. The Balaban J connectivity index is -0.0000000123. The molecular weight excluding hydrogens is 730 g/mol. The number of allylic oxidation sites excluding steroid dienone is 8. The molecule has 4 radical (unpaired) electrons. The van der Waals surface area contributed by atoms with Crippen molar-refractivity contribution in [1.29, 1.82) is 0 Å². The van der Waals surface area contributed by atoms with Crippen molar-refractivity contribution in [2.75, 3.05) is 0 Å². The summed E-state index contributed by atoms with van der Waals surface area (Å²) in [5.74, 6) is 0. The first-order valence-electron chi connectivity index (χ1n) is 7.68. The normalized spacial score (nSPS) is 10.1. The molecule has 0 fully saturated rings. The van der Waals surface area contributed by atoms with Crippen molar-refractivity contribution in [3.05, 3.63) is 107 Å². The second kappa shape index (κ2) is 48.7. The van der Waals surface area contributed by atoms with E-state index in [1.165, 1.54) is 23.2 Å². The van der Waals surface area contributed by atoms with Gasteiger partial charge in [-0.25, -0.2) is 23.3 Å². The first-order valence-corrected chi connectivity index (χ1v) is 15.1. The van der Waals surface area contributed by atoms with Gasteiger partial charge in [0.05, 0.1) is 0 Å². The van der Waals surface area contributed by atoms with Crippen molar-refractivity contribution in [1.82, 2.24) is 0 Å². The fraction of sp³-hybridized carbons (Fsp3) is 0.385. The SMILES string of the molecule is C[Si](C)(C)CC1=[C-]CC=C1.C[Si](C)(C)CC1=[C-]CC=C1.Cl.Cl.[CH3-].[CH3-].[CH3-].[CH3-].[CH3-].[CH3-].[CH3-].[CH3-].[Hf].[SiH3].[SiH3].[SiH3].[SiH3]. The van der Waals surface area contributed by atoms with Gasteiger partial charge in [0.1, 0.15) is 0 Å². The molecular formula is C26H68Cl2HfSi6-10. The van der Waals surface area contributed by atoms with Crippen molar-refractivity contribution in [3.63, 3.8) is 0 Å². The van der Waals surface area contributed by atoms with Crippen molar-refractivity contribution in [2.24, 2.45) is 0 Å². The fourth-order valence-electron chi connectivity index (χ4n) is 2.29. The fourth-order valence-corrected chi connectivity index (χ4v) is 5.06. The molecule has 0 heterocycles. The van der Waals surface area contributed by atoms with E-state index >= 15 is 0 Å². The Hall–Kier alpha value is 1.71. The number of rotatable bonds is 4. The van der Waals surface area contributed by atoms with Crippen LogP contribution >= 0.6 is 24.8 Å². The van der Waals surface area contributed by atoms with E-state index in [4.69, 9.17) is 0 Å². The van der Waals surface area contributed by atoms with Crippen LogP contribution in [0.4, 0.5) is 0 Å². The summed E-state index contributed by atoms with van der Waals surface area (Å²) in [6.45, 7) is 14.4. The molecule has 0 saturated heterocycles. The molecule has 2 aliphatic carbocycles. The average molecular weight is 799 g/mol. The summed E-state index contributed by atoms with van der Waals surface area (Å²) in [7, 11) is -1.75. The maximum absolute atomic E-state index is 3.35. The Labute approximate surface area is 279 Å². The minimum absolute atomic E-state index is 0. The maximum Gasteiger partial charge on any atom is 0.0456 e. The van der Waals surface area contributed by atoms with E-state index in [-0.39, 0.29) is 154 Å². The van der Waals surface area contributed by atoms with Gasteiger partial charge in [0.25, 0.3) is 0 Å². The van der Waals surface area contributed by atoms with Crippen molar-refractivity contribution >= 4 is 84.8 Å². The van der Waals surface area contributed by atoms with Crippen LogP contribution in [0.5, 0.6) is 0 Å². The summed E-state index contributed by atoms with van der Waals surface area (Å²) in [6, 6.07) is 2.59. The van der Waals surface area contributed by atoms with Gasteiger partial charge < -0.3 is 59.4 Å². The van der Waals surface area contributed by atoms with Crippen LogP contribution in [0.15, 0.2) is 35.5 Å². The zero-order valence-electron chi connectivity index (χ0n) is 27.5. The molecule has 2 rings (SSSR count). The van der Waals surface area contributed by atoms with Crippen LogP contribution in [0, 0.1) is 71.6 Å². The van der Waals surface area contributed by atoms with Gasteiger partial charge in [-0.05, 0) is 43.9 Å². The molecule has 0 nitrogen and oxygen atoms in total. The van der Waals surface area contributed by atoms with Crippen LogP contribution in [-0.2, 0) is 25.8 Å². The predicted molar refractivity (Wildman–Crippen MR) is 203 cm³/mol. The maximum atomic E-state index is 3.35. The summed E-state index contributed by atoms with van der Waals surface area (Å²) in [5.41, 5.74) is 2.89. The van der Waals surface area contributed by atoms with Gasteiger partial charge in [0.15, 0.2) is 0 Å². The molecule has 0 spiro atoms. The smallest absolute Gasteiger partial charge is 0.0456 e. The standard InChI is InChI=1S/2C9H15Si.8CH3.2ClH.Hf.4H3Si/c2*1-10(2,3)8-9-6-4-5-7-9;;;;;;;;;;;;;;;/h2*4,6H,5,8H2,1-3H3;8*1H3;2*1H;;4*1H3/q10*-1;;;;;;;. The zero-order chi connectivity index (χ0) is 15.2. The summed E-state index contributed by atoms with van der Waals surface area (Å²) in [5, 5.41) is 0. The summed E-state index contributed by atoms with van der Waals surface area (Å²) >= 11 is 0. The first kappa shape index (κ1) is 99.3. The summed E-state index contributed by atoms with van der Waals surface area (Å²) in [4.78, 5) is 0. The van der Waals surface area contributed by atoms with Crippen LogP contribution < -0.4 is 0 Å². The van der Waals surface area contributed by atoms with E-state index in [1.54, 1.807) is 0 Å². The van der Waals surface area contributed by atoms with Crippen molar-refractivity contribution < 1.29 is 25.8 Å². The van der Waals surface area contributed by atoms with E-state index in [1.807, 2.05) is 0 Å². The number of hydrogen-bond acceptors (Lipinski definition) is 0. The van der Waals surface area contributed by atoms with Gasteiger partial charge in [0, 0.05) is 42.0 Å². The average Bonchev–Trinajstić information content (AvgIpc) is 2.87. The van der Waals surface area contributed by atoms with E-state index in [0.717, 1.165) is 12.8 Å². The first-order chi connectivity index (χ1) is 9.16. The number of hydrogen-bond donors (Lipinski definition) is 0. The Morgan fingerprint density at radius 3 is 0.857 bits per heavy atom. The van der Waals surface area contributed by atoms with E-state index < -0.39 is 16.1 Å². The minimum atomic E-state index is -0.873. The summed E-state index contributed by atoms with van der Waals surface area (Å²) < 4.78 is 0. The molecule has 0 N–H and O–H groups in total. The Kier molecular flexibility index (Phi) is 138. The molecule has 0 unspecified atom stereocenters. The van der Waals surface area contributed by atoms with Crippen LogP contribution in [0.2, 0.25) is 51.4 Å². The van der Waals surface area contributed by atoms with Crippen LogP contribution in [-0.4, -0.2) is 60.0 Å². The van der Waals surface area contributed by atoms with E-state index in [9.17, 15) is 0 Å². The molecule has 2 aliphatic rings. The molecule has 0 saturated carbocycles. The Morgan fingerprint density at radius 1 is 0.543 bits per heavy atom. The van der Waals surface area contributed by atoms with E-state index in [2.05, 4.69) is 75.7 Å². The van der Waals surface area contributed by atoms with Crippen LogP contribution in [0.1, 0.15) is 12.8 Å². The van der Waals surface area contributed by atoms with Gasteiger partial charge >= 0.3 is 0 Å². The summed E-state index contributed by atoms with van der Waals surface area (Å²) in [6.07, 6.45) is 17.6. The quantitative estimate of drug-likeness (QED) is 0.252. The molecule has 0 aromatic carbocycles. The molecule has 0 aromatic heterocycles. The third kappa shape index (κ3) is 61.4. The molecule has 0 atom stereocenters. The van der Waals surface area contributed by atoms with Gasteiger partial charge in [-0.2, -0.15) is 12.2 Å². The Morgan fingerprint density at radius 2 is 0.743 bits per heavy atom. The third-order valence-electron chi connectivity index (χ3n) is 2.97. The minimum Gasteiger partial charge on any atom is -0.358 e. The van der Waals surface area contributed by atoms with Crippen molar-refractivity contribution in [3.8, 4) is 0 Å². The molecule has 224 valence electrons. The molecule has 0 aliphatic heterocycles. The van der Waals surface area contributed by atoms with Crippen LogP contribution in [0.3, 0.4) is 0 Å². The monoisotopic (exact) mass is 798 g/mol. The Bertz CT molecular complexity index is 412. The van der Waals surface area contributed by atoms with Crippen molar-refractivity contribution in [2.45, 2.75) is 64.2 Å². The molecule has 0 amide bonds. The van der Waals surface area contributed by atoms with Gasteiger partial charge in [0.2, 0.25) is 0 Å². The van der Waals surface area contributed by atoms with Gasteiger partial charge in [-0.3, -0.25) is 12.2 Å².